The maximum Gasteiger partial charge on any atom is 0.255 e. The average Bonchev–Trinajstić information content (AvgIpc) is 3.12. The molecule has 1 amide bonds. The zero-order chi connectivity index (χ0) is 16.4. The summed E-state index contributed by atoms with van der Waals surface area (Å²) in [5.41, 5.74) is 2.40. The third-order valence-electron chi connectivity index (χ3n) is 3.56. The van der Waals surface area contributed by atoms with E-state index in [0.717, 1.165) is 17.7 Å². The van der Waals surface area contributed by atoms with E-state index in [-0.39, 0.29) is 12.3 Å². The first-order chi connectivity index (χ1) is 11.0. The van der Waals surface area contributed by atoms with Crippen molar-refractivity contribution in [3.8, 4) is 0 Å². The van der Waals surface area contributed by atoms with Gasteiger partial charge in [0.25, 0.3) is 6.43 Å². The number of hydrogen-bond donors (Lipinski definition) is 1. The summed E-state index contributed by atoms with van der Waals surface area (Å²) in [4.78, 5) is 18.3. The van der Waals surface area contributed by atoms with Crippen LogP contribution in [-0.4, -0.2) is 30.4 Å². The predicted molar refractivity (Wildman–Crippen MR) is 87.8 cm³/mol. The van der Waals surface area contributed by atoms with Gasteiger partial charge in [0, 0.05) is 22.6 Å². The minimum Gasteiger partial charge on any atom is -0.356 e. The number of carbonyl (C=O) groups is 1. The summed E-state index contributed by atoms with van der Waals surface area (Å²) in [5.74, 6) is -0.0725. The second-order valence-corrected chi connectivity index (χ2v) is 6.39. The number of fused-ring (bicyclic) bond motifs is 1. The lowest BCUT2D eigenvalue weighted by Crippen LogP contribution is -2.30. The fourth-order valence-corrected chi connectivity index (χ4v) is 3.52. The Hall–Kier alpha value is -1.73. The van der Waals surface area contributed by atoms with E-state index in [0.29, 0.717) is 22.4 Å². The van der Waals surface area contributed by atoms with Crippen molar-refractivity contribution in [1.29, 1.82) is 0 Å². The molecule has 1 aromatic carbocycles. The molecule has 0 atom stereocenters. The second kappa shape index (κ2) is 6.80. The Morgan fingerprint density at radius 2 is 2.30 bits per heavy atom. The zero-order valence-electron chi connectivity index (χ0n) is 12.1. The van der Waals surface area contributed by atoms with Gasteiger partial charge in [-0.05, 0) is 24.1 Å². The number of hydrogen-bond acceptors (Lipinski definition) is 4. The number of anilines is 2. The van der Waals surface area contributed by atoms with Crippen molar-refractivity contribution >= 4 is 39.7 Å². The van der Waals surface area contributed by atoms with Gasteiger partial charge in [0.15, 0.2) is 5.13 Å². The van der Waals surface area contributed by atoms with Gasteiger partial charge in [-0.15, -0.1) is 11.3 Å². The van der Waals surface area contributed by atoms with Gasteiger partial charge in [-0.1, -0.05) is 17.7 Å². The smallest absolute Gasteiger partial charge is 0.255 e. The van der Waals surface area contributed by atoms with Gasteiger partial charge in [-0.3, -0.25) is 4.79 Å². The molecule has 4 nitrogen and oxygen atoms in total. The molecule has 1 aromatic heterocycles. The molecular weight excluding hydrogens is 344 g/mol. The number of halogens is 3. The number of rotatable bonds is 5. The van der Waals surface area contributed by atoms with E-state index < -0.39 is 13.0 Å². The molecule has 2 aromatic rings. The number of benzene rings is 1. The van der Waals surface area contributed by atoms with Crippen LogP contribution in [0.15, 0.2) is 23.6 Å². The Morgan fingerprint density at radius 3 is 3.09 bits per heavy atom. The molecule has 8 heteroatoms. The first kappa shape index (κ1) is 16.1. The molecule has 0 radical (unpaired) electrons. The van der Waals surface area contributed by atoms with Crippen LogP contribution in [0, 0.1) is 0 Å². The first-order valence-electron chi connectivity index (χ1n) is 7.09. The molecule has 3 rings (SSSR count). The van der Waals surface area contributed by atoms with Crippen molar-refractivity contribution in [2.45, 2.75) is 19.3 Å². The van der Waals surface area contributed by atoms with Crippen LogP contribution in [0.3, 0.4) is 0 Å². The minimum absolute atomic E-state index is 0.0725. The van der Waals surface area contributed by atoms with Crippen LogP contribution in [0.2, 0.25) is 5.02 Å². The maximum atomic E-state index is 12.5. The Bertz CT molecular complexity index is 722. The van der Waals surface area contributed by atoms with Crippen molar-refractivity contribution in [3.63, 3.8) is 0 Å². The number of amides is 1. The third-order valence-corrected chi connectivity index (χ3v) is 4.77. The van der Waals surface area contributed by atoms with Crippen LogP contribution in [0.5, 0.6) is 0 Å². The molecule has 122 valence electrons. The highest BCUT2D eigenvalue weighted by Crippen LogP contribution is 2.33. The molecule has 0 saturated carbocycles. The molecule has 0 bridgehead atoms. The lowest BCUT2D eigenvalue weighted by Gasteiger charge is -2.16. The van der Waals surface area contributed by atoms with Crippen molar-refractivity contribution in [2.75, 3.05) is 23.3 Å². The van der Waals surface area contributed by atoms with Crippen LogP contribution < -0.4 is 10.2 Å². The molecule has 23 heavy (non-hydrogen) atoms. The topological polar surface area (TPSA) is 45.2 Å². The first-order valence-corrected chi connectivity index (χ1v) is 8.34. The molecule has 1 N–H and O–H groups in total. The van der Waals surface area contributed by atoms with E-state index in [1.807, 2.05) is 18.2 Å². The van der Waals surface area contributed by atoms with Gasteiger partial charge in [0.1, 0.15) is 0 Å². The van der Waals surface area contributed by atoms with E-state index in [9.17, 15) is 13.6 Å². The zero-order valence-corrected chi connectivity index (χ0v) is 13.6. The molecule has 1 aliphatic heterocycles. The second-order valence-electron chi connectivity index (χ2n) is 5.13. The fraction of sp³-hybridized carbons (Fsp3) is 0.333. The molecule has 0 saturated heterocycles. The quantitative estimate of drug-likeness (QED) is 0.889. The van der Waals surface area contributed by atoms with Gasteiger partial charge in [-0.2, -0.15) is 0 Å². The summed E-state index contributed by atoms with van der Waals surface area (Å²) in [6, 6.07) is 5.51. The van der Waals surface area contributed by atoms with Crippen molar-refractivity contribution in [1.82, 2.24) is 4.98 Å². The summed E-state index contributed by atoms with van der Waals surface area (Å²) < 4.78 is 24.3. The highest BCUT2D eigenvalue weighted by Gasteiger charge is 2.26. The van der Waals surface area contributed by atoms with Gasteiger partial charge in [0.2, 0.25) is 5.91 Å². The highest BCUT2D eigenvalue weighted by atomic mass is 35.5. The lowest BCUT2D eigenvalue weighted by molar-refractivity contribution is -0.117. The molecule has 0 unspecified atom stereocenters. The van der Waals surface area contributed by atoms with Crippen molar-refractivity contribution in [2.24, 2.45) is 0 Å². The number of nitrogens with one attached hydrogen (secondary N) is 1. The van der Waals surface area contributed by atoms with Crippen LogP contribution in [0.1, 0.15) is 11.3 Å². The molecule has 0 fully saturated rings. The minimum atomic E-state index is -2.44. The number of carbonyl (C=O) groups excluding carboxylic acids is 1. The Kier molecular flexibility index (Phi) is 4.77. The highest BCUT2D eigenvalue weighted by molar-refractivity contribution is 7.13. The normalized spacial score (nSPS) is 13.5. The molecule has 2 heterocycles. The van der Waals surface area contributed by atoms with Crippen LogP contribution in [-0.2, 0) is 17.6 Å². The predicted octanol–water partition coefficient (Wildman–Crippen LogP) is 3.61. The van der Waals surface area contributed by atoms with Crippen LogP contribution in [0.25, 0.3) is 0 Å². The SMILES string of the molecule is O=C(Cc1csc(NCC(F)F)n1)N1CCc2c(Cl)cccc21. The van der Waals surface area contributed by atoms with E-state index in [1.54, 1.807) is 10.3 Å². The Labute approximate surface area is 141 Å². The Morgan fingerprint density at radius 1 is 1.48 bits per heavy atom. The largest absolute Gasteiger partial charge is 0.356 e. The van der Waals surface area contributed by atoms with Gasteiger partial charge in [0.05, 0.1) is 18.7 Å². The van der Waals surface area contributed by atoms with Gasteiger partial charge >= 0.3 is 0 Å². The number of alkyl halides is 2. The third kappa shape index (κ3) is 3.61. The number of aromatic nitrogens is 1. The average molecular weight is 358 g/mol. The number of nitrogens with zero attached hydrogens (tertiary/aromatic N) is 2. The molecular formula is C15H14ClF2N3OS. The van der Waals surface area contributed by atoms with Gasteiger partial charge in [-0.25, -0.2) is 13.8 Å². The molecule has 0 spiro atoms. The van der Waals surface area contributed by atoms with E-state index in [4.69, 9.17) is 11.6 Å². The van der Waals surface area contributed by atoms with Crippen molar-refractivity contribution < 1.29 is 13.6 Å². The summed E-state index contributed by atoms with van der Waals surface area (Å²) in [5, 5.41) is 5.33. The summed E-state index contributed by atoms with van der Waals surface area (Å²) >= 11 is 7.36. The molecule has 0 aliphatic carbocycles. The summed E-state index contributed by atoms with van der Waals surface area (Å²) in [6.07, 6.45) is -1.56. The monoisotopic (exact) mass is 357 g/mol. The van der Waals surface area contributed by atoms with E-state index in [2.05, 4.69) is 10.3 Å². The van der Waals surface area contributed by atoms with Crippen LogP contribution >= 0.6 is 22.9 Å². The standard InChI is InChI=1S/C15H14ClF2N3OS/c16-11-2-1-3-12-10(11)4-5-21(12)14(22)6-9-8-23-15(20-9)19-7-13(17)18/h1-3,8,13H,4-7H2,(H,19,20). The fourth-order valence-electron chi connectivity index (χ4n) is 2.53. The van der Waals surface area contributed by atoms with Crippen LogP contribution in [0.4, 0.5) is 19.6 Å². The lowest BCUT2D eigenvalue weighted by atomic mass is 10.2. The van der Waals surface area contributed by atoms with Crippen molar-refractivity contribution in [3.05, 3.63) is 39.9 Å². The van der Waals surface area contributed by atoms with E-state index in [1.165, 1.54) is 11.3 Å². The summed E-state index contributed by atoms with van der Waals surface area (Å²) in [7, 11) is 0. The molecule has 1 aliphatic rings. The van der Waals surface area contributed by atoms with Gasteiger partial charge < -0.3 is 10.2 Å². The summed E-state index contributed by atoms with van der Waals surface area (Å²) in [6.45, 7) is 0.150. The Balaban J connectivity index is 1.66. The van der Waals surface area contributed by atoms with E-state index >= 15 is 0 Å². The maximum absolute atomic E-state index is 12.5. The number of thiazole rings is 1.